The summed E-state index contributed by atoms with van der Waals surface area (Å²) in [5.41, 5.74) is 0.859. The zero-order valence-corrected chi connectivity index (χ0v) is 15.7. The molecule has 0 radical (unpaired) electrons. The highest BCUT2D eigenvalue weighted by atomic mass is 16.2. The normalized spacial score (nSPS) is 14.7. The van der Waals surface area contributed by atoms with Crippen molar-refractivity contribution in [1.29, 1.82) is 0 Å². The van der Waals surface area contributed by atoms with Crippen molar-refractivity contribution < 1.29 is 14.4 Å². The number of amides is 3. The van der Waals surface area contributed by atoms with Gasteiger partial charge in [0.05, 0.1) is 11.3 Å². The molecule has 0 saturated carbocycles. The van der Waals surface area contributed by atoms with Crippen molar-refractivity contribution >= 4 is 23.4 Å². The molecule has 6 heteroatoms. The van der Waals surface area contributed by atoms with Crippen LogP contribution in [0.4, 0.5) is 5.69 Å². The summed E-state index contributed by atoms with van der Waals surface area (Å²) in [4.78, 5) is 40.3. The number of para-hydroxylation sites is 1. The van der Waals surface area contributed by atoms with Crippen LogP contribution in [0.25, 0.3) is 0 Å². The molecule has 0 spiro atoms. The summed E-state index contributed by atoms with van der Waals surface area (Å²) < 4.78 is 0. The van der Waals surface area contributed by atoms with Crippen LogP contribution in [0.5, 0.6) is 0 Å². The van der Waals surface area contributed by atoms with Gasteiger partial charge in [-0.1, -0.05) is 39.5 Å². The van der Waals surface area contributed by atoms with Crippen molar-refractivity contribution in [2.24, 2.45) is 5.41 Å². The van der Waals surface area contributed by atoms with Gasteiger partial charge in [0.25, 0.3) is 5.91 Å². The Morgan fingerprint density at radius 2 is 1.65 bits per heavy atom. The van der Waals surface area contributed by atoms with E-state index in [1.54, 1.807) is 29.2 Å². The molecule has 0 atom stereocenters. The monoisotopic (exact) mass is 357 g/mol. The van der Waals surface area contributed by atoms with Crippen LogP contribution in [-0.4, -0.2) is 53.7 Å². The lowest BCUT2D eigenvalue weighted by Gasteiger charge is -2.36. The van der Waals surface area contributed by atoms with Crippen LogP contribution >= 0.6 is 0 Å². The van der Waals surface area contributed by atoms with E-state index in [1.807, 2.05) is 25.7 Å². The minimum absolute atomic E-state index is 0.0493. The number of carbonyl (C=O) groups excluding carboxylic acids is 3. The molecule has 6 nitrogen and oxygen atoms in total. The second kappa shape index (κ2) is 8.17. The van der Waals surface area contributed by atoms with E-state index >= 15 is 0 Å². The first-order valence-electron chi connectivity index (χ1n) is 8.81. The van der Waals surface area contributed by atoms with Gasteiger partial charge >= 0.3 is 0 Å². The predicted octanol–water partition coefficient (Wildman–Crippen LogP) is 2.53. The standard InChI is InChI=1S/C20H27N3O3/c1-5-17(24)21-16-9-7-6-8-15(16)19(26)23-12-10-22(11-13-23)18(25)14-20(2,3)4/h5-9H,1,10-14H2,2-4H3,(H,21,24). The maximum Gasteiger partial charge on any atom is 0.256 e. The lowest BCUT2D eigenvalue weighted by Crippen LogP contribution is -2.51. The molecule has 1 saturated heterocycles. The molecule has 1 aliphatic rings. The summed E-state index contributed by atoms with van der Waals surface area (Å²) in [7, 11) is 0. The van der Waals surface area contributed by atoms with E-state index in [0.29, 0.717) is 43.9 Å². The minimum Gasteiger partial charge on any atom is -0.339 e. The predicted molar refractivity (Wildman–Crippen MR) is 102 cm³/mol. The van der Waals surface area contributed by atoms with Gasteiger partial charge in [0.15, 0.2) is 0 Å². The van der Waals surface area contributed by atoms with Gasteiger partial charge in [-0.2, -0.15) is 0 Å². The highest BCUT2D eigenvalue weighted by Gasteiger charge is 2.28. The fourth-order valence-electron chi connectivity index (χ4n) is 2.86. The zero-order chi connectivity index (χ0) is 19.3. The van der Waals surface area contributed by atoms with Crippen molar-refractivity contribution in [2.45, 2.75) is 27.2 Å². The van der Waals surface area contributed by atoms with E-state index < -0.39 is 0 Å². The molecular weight excluding hydrogens is 330 g/mol. The number of anilines is 1. The number of nitrogens with one attached hydrogen (secondary N) is 1. The van der Waals surface area contributed by atoms with E-state index in [1.165, 1.54) is 6.08 Å². The minimum atomic E-state index is -0.358. The Morgan fingerprint density at radius 1 is 1.08 bits per heavy atom. The molecular formula is C20H27N3O3. The highest BCUT2D eigenvalue weighted by Crippen LogP contribution is 2.22. The SMILES string of the molecule is C=CC(=O)Nc1ccccc1C(=O)N1CCN(C(=O)CC(C)(C)C)CC1. The lowest BCUT2D eigenvalue weighted by atomic mass is 9.91. The Kier molecular flexibility index (Phi) is 6.18. The molecule has 0 aromatic heterocycles. The van der Waals surface area contributed by atoms with Gasteiger partial charge in [-0.15, -0.1) is 0 Å². The van der Waals surface area contributed by atoms with E-state index in [0.717, 1.165) is 0 Å². The quantitative estimate of drug-likeness (QED) is 0.842. The highest BCUT2D eigenvalue weighted by molar-refractivity contribution is 6.06. The molecule has 0 unspecified atom stereocenters. The van der Waals surface area contributed by atoms with Crippen LogP contribution in [0.2, 0.25) is 0 Å². The summed E-state index contributed by atoms with van der Waals surface area (Å²) >= 11 is 0. The van der Waals surface area contributed by atoms with Crippen LogP contribution in [0.15, 0.2) is 36.9 Å². The molecule has 140 valence electrons. The van der Waals surface area contributed by atoms with E-state index in [9.17, 15) is 14.4 Å². The number of piperazine rings is 1. The average Bonchev–Trinajstić information content (AvgIpc) is 2.60. The summed E-state index contributed by atoms with van der Waals surface area (Å²) in [6.45, 7) is 11.6. The molecule has 1 aliphatic heterocycles. The third-order valence-corrected chi connectivity index (χ3v) is 4.20. The van der Waals surface area contributed by atoms with Crippen LogP contribution in [0, 0.1) is 5.41 Å². The molecule has 3 amide bonds. The number of hydrogen-bond donors (Lipinski definition) is 1. The van der Waals surface area contributed by atoms with Crippen molar-refractivity contribution in [1.82, 2.24) is 9.80 Å². The smallest absolute Gasteiger partial charge is 0.256 e. The first-order valence-corrected chi connectivity index (χ1v) is 8.81. The topological polar surface area (TPSA) is 69.7 Å². The number of nitrogens with zero attached hydrogens (tertiary/aromatic N) is 2. The first-order chi connectivity index (χ1) is 12.2. The summed E-state index contributed by atoms with van der Waals surface area (Å²) in [5, 5.41) is 2.66. The van der Waals surface area contributed by atoms with Gasteiger partial charge in [-0.05, 0) is 23.6 Å². The van der Waals surface area contributed by atoms with Crippen LogP contribution in [0.1, 0.15) is 37.6 Å². The second-order valence-electron chi connectivity index (χ2n) is 7.65. The average molecular weight is 357 g/mol. The molecule has 1 aromatic carbocycles. The lowest BCUT2D eigenvalue weighted by molar-refractivity contribution is -0.134. The molecule has 0 bridgehead atoms. The second-order valence-corrected chi connectivity index (χ2v) is 7.65. The fourth-order valence-corrected chi connectivity index (χ4v) is 2.86. The number of rotatable bonds is 4. The number of carbonyl (C=O) groups is 3. The molecule has 2 rings (SSSR count). The molecule has 1 N–H and O–H groups in total. The number of hydrogen-bond acceptors (Lipinski definition) is 3. The maximum absolute atomic E-state index is 12.8. The molecule has 26 heavy (non-hydrogen) atoms. The van der Waals surface area contributed by atoms with Crippen molar-refractivity contribution in [3.63, 3.8) is 0 Å². The Balaban J connectivity index is 2.02. The van der Waals surface area contributed by atoms with E-state index in [4.69, 9.17) is 0 Å². The maximum atomic E-state index is 12.8. The molecule has 1 fully saturated rings. The summed E-state index contributed by atoms with van der Waals surface area (Å²) in [6.07, 6.45) is 1.66. The first kappa shape index (κ1) is 19.7. The largest absolute Gasteiger partial charge is 0.339 e. The Bertz CT molecular complexity index is 698. The fraction of sp³-hybridized carbons (Fsp3) is 0.450. The van der Waals surface area contributed by atoms with Crippen LogP contribution in [-0.2, 0) is 9.59 Å². The zero-order valence-electron chi connectivity index (χ0n) is 15.7. The molecule has 1 heterocycles. The Hall–Kier alpha value is -2.63. The molecule has 0 aliphatic carbocycles. The van der Waals surface area contributed by atoms with Crippen LogP contribution < -0.4 is 5.32 Å². The Morgan fingerprint density at radius 3 is 2.23 bits per heavy atom. The van der Waals surface area contributed by atoms with Gasteiger partial charge in [0.1, 0.15) is 0 Å². The summed E-state index contributed by atoms with van der Waals surface area (Å²) in [6, 6.07) is 6.91. The van der Waals surface area contributed by atoms with Crippen LogP contribution in [0.3, 0.4) is 0 Å². The van der Waals surface area contributed by atoms with E-state index in [-0.39, 0.29) is 23.1 Å². The van der Waals surface area contributed by atoms with Gasteiger partial charge in [-0.3, -0.25) is 14.4 Å². The van der Waals surface area contributed by atoms with Gasteiger partial charge in [0.2, 0.25) is 11.8 Å². The van der Waals surface area contributed by atoms with Gasteiger partial charge in [0, 0.05) is 32.6 Å². The van der Waals surface area contributed by atoms with E-state index in [2.05, 4.69) is 11.9 Å². The van der Waals surface area contributed by atoms with Crippen molar-refractivity contribution in [2.75, 3.05) is 31.5 Å². The molecule has 1 aromatic rings. The van der Waals surface area contributed by atoms with Crippen molar-refractivity contribution in [3.05, 3.63) is 42.5 Å². The number of benzene rings is 1. The Labute approximate surface area is 154 Å². The summed E-state index contributed by atoms with van der Waals surface area (Å²) in [5.74, 6) is -0.376. The van der Waals surface area contributed by atoms with Crippen molar-refractivity contribution in [3.8, 4) is 0 Å². The van der Waals surface area contributed by atoms with Gasteiger partial charge in [-0.25, -0.2) is 0 Å². The third kappa shape index (κ3) is 5.18. The van der Waals surface area contributed by atoms with Gasteiger partial charge < -0.3 is 15.1 Å². The third-order valence-electron chi connectivity index (χ3n) is 4.20.